The lowest BCUT2D eigenvalue weighted by Crippen LogP contribution is -2.44. The Labute approximate surface area is 146 Å². The zero-order chi connectivity index (χ0) is 17.6. The maximum atomic E-state index is 12.5. The molecule has 3 heterocycles. The summed E-state index contributed by atoms with van der Waals surface area (Å²) < 4.78 is 12.9. The van der Waals surface area contributed by atoms with E-state index in [-0.39, 0.29) is 12.1 Å². The number of hydrogen-bond donors (Lipinski definition) is 1. The van der Waals surface area contributed by atoms with E-state index in [0.717, 1.165) is 12.1 Å². The molecular weight excluding hydrogens is 322 g/mol. The van der Waals surface area contributed by atoms with E-state index in [1.54, 1.807) is 29.4 Å². The summed E-state index contributed by atoms with van der Waals surface area (Å²) in [6, 6.07) is 3.35. The molecule has 1 aliphatic rings. The molecule has 1 fully saturated rings. The average molecular weight is 345 g/mol. The highest BCUT2D eigenvalue weighted by atomic mass is 16.5. The zero-order valence-corrected chi connectivity index (χ0v) is 14.5. The summed E-state index contributed by atoms with van der Waals surface area (Å²) in [5.41, 5.74) is 1.62. The van der Waals surface area contributed by atoms with Crippen LogP contribution in [-0.2, 0) is 11.3 Å². The number of anilines is 1. The summed E-state index contributed by atoms with van der Waals surface area (Å²) in [4.78, 5) is 18.4. The molecule has 2 amide bonds. The molecule has 0 saturated carbocycles. The van der Waals surface area contributed by atoms with E-state index in [2.05, 4.69) is 15.4 Å². The standard InChI is InChI=1S/C17H23N5O3/c1-3-22-11-13(9-19-22)15-12-21(7-8-25-15)17(23)20-14-5-6-16(18-10-14)24-4-2/h5-6,9-11,15H,3-4,7-8,12H2,1-2H3,(H,20,23)/t15-/m1/s1. The van der Waals surface area contributed by atoms with Crippen molar-refractivity contribution in [1.82, 2.24) is 19.7 Å². The number of carbonyl (C=O) groups is 1. The number of nitrogens with one attached hydrogen (secondary N) is 1. The monoisotopic (exact) mass is 345 g/mol. The van der Waals surface area contributed by atoms with E-state index in [1.165, 1.54) is 0 Å². The SMILES string of the molecule is CCOc1ccc(NC(=O)N2CCO[C@@H](c3cnn(CC)c3)C2)cn1. The van der Waals surface area contributed by atoms with Gasteiger partial charge in [0.1, 0.15) is 6.10 Å². The van der Waals surface area contributed by atoms with Gasteiger partial charge in [0, 0.05) is 30.9 Å². The number of nitrogens with zero attached hydrogens (tertiary/aromatic N) is 4. The summed E-state index contributed by atoms with van der Waals surface area (Å²) in [6.45, 7) is 6.83. The van der Waals surface area contributed by atoms with Gasteiger partial charge in [-0.25, -0.2) is 9.78 Å². The summed E-state index contributed by atoms with van der Waals surface area (Å²) in [6.07, 6.45) is 5.19. The first-order valence-corrected chi connectivity index (χ1v) is 8.48. The molecule has 0 unspecified atom stereocenters. The summed E-state index contributed by atoms with van der Waals surface area (Å²) in [7, 11) is 0. The lowest BCUT2D eigenvalue weighted by Gasteiger charge is -2.32. The predicted octanol–water partition coefficient (Wildman–Crippen LogP) is 2.30. The van der Waals surface area contributed by atoms with Gasteiger partial charge in [-0.1, -0.05) is 0 Å². The van der Waals surface area contributed by atoms with Gasteiger partial charge in [-0.2, -0.15) is 5.10 Å². The Morgan fingerprint density at radius 2 is 2.28 bits per heavy atom. The van der Waals surface area contributed by atoms with Crippen LogP contribution in [0.5, 0.6) is 5.88 Å². The van der Waals surface area contributed by atoms with Crippen molar-refractivity contribution >= 4 is 11.7 Å². The molecular formula is C17H23N5O3. The zero-order valence-electron chi connectivity index (χ0n) is 14.5. The minimum atomic E-state index is -0.165. The molecule has 1 saturated heterocycles. The molecule has 0 bridgehead atoms. The fourth-order valence-corrected chi connectivity index (χ4v) is 2.64. The third-order valence-electron chi connectivity index (χ3n) is 3.98. The molecule has 1 aliphatic heterocycles. The van der Waals surface area contributed by atoms with E-state index in [4.69, 9.17) is 9.47 Å². The Morgan fingerprint density at radius 1 is 1.40 bits per heavy atom. The van der Waals surface area contributed by atoms with Gasteiger partial charge in [0.25, 0.3) is 0 Å². The molecule has 134 valence electrons. The van der Waals surface area contributed by atoms with Gasteiger partial charge < -0.3 is 19.7 Å². The van der Waals surface area contributed by atoms with Crippen molar-refractivity contribution in [2.24, 2.45) is 0 Å². The molecule has 0 aromatic carbocycles. The van der Waals surface area contributed by atoms with Crippen LogP contribution in [-0.4, -0.2) is 52.0 Å². The van der Waals surface area contributed by atoms with Gasteiger partial charge in [-0.3, -0.25) is 4.68 Å². The molecule has 0 spiro atoms. The number of amides is 2. The first kappa shape index (κ1) is 17.2. The quantitative estimate of drug-likeness (QED) is 0.899. The molecule has 0 radical (unpaired) electrons. The van der Waals surface area contributed by atoms with Gasteiger partial charge in [-0.15, -0.1) is 0 Å². The fraction of sp³-hybridized carbons (Fsp3) is 0.471. The first-order valence-electron chi connectivity index (χ1n) is 8.48. The highest BCUT2D eigenvalue weighted by molar-refractivity contribution is 5.89. The Kier molecular flexibility index (Phi) is 5.49. The smallest absolute Gasteiger partial charge is 0.322 e. The van der Waals surface area contributed by atoms with Crippen LogP contribution < -0.4 is 10.1 Å². The number of ether oxygens (including phenoxy) is 2. The van der Waals surface area contributed by atoms with E-state index < -0.39 is 0 Å². The van der Waals surface area contributed by atoms with E-state index >= 15 is 0 Å². The summed E-state index contributed by atoms with van der Waals surface area (Å²) in [5.74, 6) is 0.542. The Hall–Kier alpha value is -2.61. The Balaban J connectivity index is 1.59. The topological polar surface area (TPSA) is 81.5 Å². The Morgan fingerprint density at radius 3 is 2.96 bits per heavy atom. The first-order chi connectivity index (χ1) is 12.2. The van der Waals surface area contributed by atoms with Crippen LogP contribution in [0.3, 0.4) is 0 Å². The van der Waals surface area contributed by atoms with E-state index in [1.807, 2.05) is 24.7 Å². The lowest BCUT2D eigenvalue weighted by molar-refractivity contribution is -0.0135. The molecule has 1 atom stereocenters. The van der Waals surface area contributed by atoms with E-state index in [0.29, 0.717) is 37.9 Å². The van der Waals surface area contributed by atoms with Crippen molar-refractivity contribution in [3.05, 3.63) is 36.3 Å². The normalized spacial score (nSPS) is 17.4. The molecule has 0 aliphatic carbocycles. The van der Waals surface area contributed by atoms with E-state index in [9.17, 15) is 4.79 Å². The number of aromatic nitrogens is 3. The molecule has 25 heavy (non-hydrogen) atoms. The number of carbonyl (C=O) groups excluding carboxylic acids is 1. The van der Waals surface area contributed by atoms with Crippen molar-refractivity contribution < 1.29 is 14.3 Å². The molecule has 8 nitrogen and oxygen atoms in total. The molecule has 1 N–H and O–H groups in total. The second-order valence-corrected chi connectivity index (χ2v) is 5.68. The third-order valence-corrected chi connectivity index (χ3v) is 3.98. The van der Waals surface area contributed by atoms with Crippen LogP contribution in [0.2, 0.25) is 0 Å². The van der Waals surface area contributed by atoms with Crippen LogP contribution in [0.1, 0.15) is 25.5 Å². The number of urea groups is 1. The van der Waals surface area contributed by atoms with Gasteiger partial charge in [-0.05, 0) is 19.9 Å². The maximum absolute atomic E-state index is 12.5. The molecule has 3 rings (SSSR count). The number of aryl methyl sites for hydroxylation is 1. The average Bonchev–Trinajstić information content (AvgIpc) is 3.13. The van der Waals surface area contributed by atoms with Gasteiger partial charge in [0.2, 0.25) is 5.88 Å². The summed E-state index contributed by atoms with van der Waals surface area (Å²) in [5, 5.41) is 7.13. The number of rotatable bonds is 5. The van der Waals surface area contributed by atoms with Crippen LogP contribution in [0.4, 0.5) is 10.5 Å². The predicted molar refractivity (Wildman–Crippen MR) is 92.6 cm³/mol. The summed E-state index contributed by atoms with van der Waals surface area (Å²) >= 11 is 0. The van der Waals surface area contributed by atoms with Crippen molar-refractivity contribution in [1.29, 1.82) is 0 Å². The molecule has 2 aromatic rings. The molecule has 8 heteroatoms. The lowest BCUT2D eigenvalue weighted by atomic mass is 10.1. The second-order valence-electron chi connectivity index (χ2n) is 5.68. The molecule has 2 aromatic heterocycles. The van der Waals surface area contributed by atoms with Crippen molar-refractivity contribution in [3.8, 4) is 5.88 Å². The number of morpholine rings is 1. The fourth-order valence-electron chi connectivity index (χ4n) is 2.64. The second kappa shape index (κ2) is 7.98. The highest BCUT2D eigenvalue weighted by Gasteiger charge is 2.26. The highest BCUT2D eigenvalue weighted by Crippen LogP contribution is 2.22. The van der Waals surface area contributed by atoms with Gasteiger partial charge >= 0.3 is 6.03 Å². The van der Waals surface area contributed by atoms with Crippen LogP contribution >= 0.6 is 0 Å². The van der Waals surface area contributed by atoms with Gasteiger partial charge in [0.15, 0.2) is 0 Å². The van der Waals surface area contributed by atoms with Crippen molar-refractivity contribution in [2.45, 2.75) is 26.5 Å². The van der Waals surface area contributed by atoms with Crippen molar-refractivity contribution in [3.63, 3.8) is 0 Å². The third kappa shape index (κ3) is 4.27. The van der Waals surface area contributed by atoms with Crippen LogP contribution in [0.25, 0.3) is 0 Å². The number of pyridine rings is 1. The largest absolute Gasteiger partial charge is 0.478 e. The number of hydrogen-bond acceptors (Lipinski definition) is 5. The maximum Gasteiger partial charge on any atom is 0.322 e. The van der Waals surface area contributed by atoms with Crippen LogP contribution in [0, 0.1) is 0 Å². The Bertz CT molecular complexity index is 701. The van der Waals surface area contributed by atoms with Crippen molar-refractivity contribution in [2.75, 3.05) is 31.6 Å². The van der Waals surface area contributed by atoms with Gasteiger partial charge in [0.05, 0.1) is 37.8 Å². The van der Waals surface area contributed by atoms with Crippen LogP contribution in [0.15, 0.2) is 30.7 Å². The minimum Gasteiger partial charge on any atom is -0.478 e. The minimum absolute atomic E-state index is 0.154.